The maximum absolute atomic E-state index is 12.6. The van der Waals surface area contributed by atoms with Gasteiger partial charge in [0, 0.05) is 47.3 Å². The lowest BCUT2D eigenvalue weighted by Gasteiger charge is -2.16. The number of ether oxygens (including phenoxy) is 1. The molecule has 0 aliphatic rings. The monoisotopic (exact) mass is 510 g/mol. The molecular weight excluding hydrogens is 488 g/mol. The Hall–Kier alpha value is -4.48. The second-order valence-corrected chi connectivity index (χ2v) is 9.14. The SMILES string of the molecule is Cc1cc(Cl)c(COc2cccc3c(-c4ccnn4C)cc(C)nc23)c(Cn2cccc(C#N)c2=O)n1. The number of nitriles is 1. The third-order valence-corrected chi connectivity index (χ3v) is 6.48. The number of halogens is 1. The summed E-state index contributed by atoms with van der Waals surface area (Å²) in [6.45, 7) is 4.07. The first-order chi connectivity index (χ1) is 17.9. The van der Waals surface area contributed by atoms with Crippen LogP contribution in [0.3, 0.4) is 0 Å². The zero-order valence-corrected chi connectivity index (χ0v) is 21.3. The fourth-order valence-corrected chi connectivity index (χ4v) is 4.70. The van der Waals surface area contributed by atoms with Crippen molar-refractivity contribution in [2.24, 2.45) is 7.05 Å². The van der Waals surface area contributed by atoms with E-state index in [9.17, 15) is 10.1 Å². The highest BCUT2D eigenvalue weighted by atomic mass is 35.5. The zero-order valence-electron chi connectivity index (χ0n) is 20.6. The fourth-order valence-electron chi connectivity index (χ4n) is 4.38. The summed E-state index contributed by atoms with van der Waals surface area (Å²) in [6, 6.07) is 16.7. The Kier molecular flexibility index (Phi) is 6.47. The lowest BCUT2D eigenvalue weighted by molar-refractivity contribution is 0.307. The Morgan fingerprint density at radius 1 is 1.08 bits per heavy atom. The summed E-state index contributed by atoms with van der Waals surface area (Å²) in [5, 5.41) is 15.0. The normalized spacial score (nSPS) is 11.0. The summed E-state index contributed by atoms with van der Waals surface area (Å²) in [5.74, 6) is 0.607. The molecule has 0 atom stereocenters. The molecule has 37 heavy (non-hydrogen) atoms. The van der Waals surface area contributed by atoms with Crippen LogP contribution in [-0.4, -0.2) is 24.3 Å². The molecular formula is C28H23ClN6O2. The first kappa shape index (κ1) is 24.2. The van der Waals surface area contributed by atoms with Crippen molar-refractivity contribution in [1.82, 2.24) is 24.3 Å². The summed E-state index contributed by atoms with van der Waals surface area (Å²) in [5.41, 5.74) is 5.25. The summed E-state index contributed by atoms with van der Waals surface area (Å²) < 4.78 is 9.56. The summed E-state index contributed by atoms with van der Waals surface area (Å²) in [6.07, 6.45) is 3.39. The van der Waals surface area contributed by atoms with Gasteiger partial charge in [0.25, 0.3) is 5.56 Å². The fraction of sp³-hybridized carbons (Fsp3) is 0.179. The van der Waals surface area contributed by atoms with E-state index in [1.54, 1.807) is 24.5 Å². The molecule has 4 aromatic heterocycles. The predicted octanol–water partition coefficient (Wildman–Crippen LogP) is 4.96. The van der Waals surface area contributed by atoms with E-state index in [0.29, 0.717) is 22.0 Å². The molecule has 8 nitrogen and oxygen atoms in total. The Morgan fingerprint density at radius 2 is 1.89 bits per heavy atom. The molecule has 0 saturated carbocycles. The third kappa shape index (κ3) is 4.69. The van der Waals surface area contributed by atoms with Gasteiger partial charge >= 0.3 is 0 Å². The van der Waals surface area contributed by atoms with Gasteiger partial charge in [-0.1, -0.05) is 23.7 Å². The van der Waals surface area contributed by atoms with Crippen LogP contribution >= 0.6 is 11.6 Å². The number of pyridine rings is 3. The molecule has 0 aliphatic heterocycles. The van der Waals surface area contributed by atoms with Crippen LogP contribution in [0.4, 0.5) is 0 Å². The quantitative estimate of drug-likeness (QED) is 0.320. The molecule has 0 saturated heterocycles. The van der Waals surface area contributed by atoms with Gasteiger partial charge in [-0.05, 0) is 50.2 Å². The van der Waals surface area contributed by atoms with Crippen LogP contribution in [0.15, 0.2) is 65.7 Å². The van der Waals surface area contributed by atoms with Gasteiger partial charge in [-0.25, -0.2) is 4.98 Å². The minimum absolute atomic E-state index is 0.0699. The van der Waals surface area contributed by atoms with Crippen LogP contribution in [0.5, 0.6) is 5.75 Å². The number of hydrogen-bond acceptors (Lipinski definition) is 6. The first-order valence-electron chi connectivity index (χ1n) is 11.6. The van der Waals surface area contributed by atoms with Gasteiger partial charge in [0.1, 0.15) is 29.5 Å². The van der Waals surface area contributed by atoms with E-state index in [0.717, 1.165) is 33.5 Å². The zero-order chi connectivity index (χ0) is 26.1. The highest BCUT2D eigenvalue weighted by Crippen LogP contribution is 2.34. The van der Waals surface area contributed by atoms with Gasteiger partial charge in [-0.3, -0.25) is 14.5 Å². The number of aromatic nitrogens is 5. The van der Waals surface area contributed by atoms with Gasteiger partial charge in [-0.15, -0.1) is 0 Å². The van der Waals surface area contributed by atoms with Crippen LogP contribution in [0.2, 0.25) is 5.02 Å². The molecule has 9 heteroatoms. The van der Waals surface area contributed by atoms with Crippen molar-refractivity contribution < 1.29 is 4.74 Å². The van der Waals surface area contributed by atoms with E-state index in [1.807, 2.05) is 62.0 Å². The van der Waals surface area contributed by atoms with Crippen molar-refractivity contribution in [3.63, 3.8) is 0 Å². The summed E-state index contributed by atoms with van der Waals surface area (Å²) in [7, 11) is 1.91. The Bertz CT molecular complexity index is 1750. The highest BCUT2D eigenvalue weighted by Gasteiger charge is 2.16. The molecule has 184 valence electrons. The molecule has 0 amide bonds. The van der Waals surface area contributed by atoms with Gasteiger partial charge in [0.2, 0.25) is 0 Å². The lowest BCUT2D eigenvalue weighted by Crippen LogP contribution is -2.23. The molecule has 0 aliphatic carbocycles. The second kappa shape index (κ2) is 9.88. The smallest absolute Gasteiger partial charge is 0.268 e. The molecule has 0 fully saturated rings. The first-order valence-corrected chi connectivity index (χ1v) is 12.0. The number of para-hydroxylation sites is 1. The molecule has 0 radical (unpaired) electrons. The number of aryl methyl sites for hydroxylation is 3. The van der Waals surface area contributed by atoms with Crippen molar-refractivity contribution in [3.05, 3.63) is 105 Å². The largest absolute Gasteiger partial charge is 0.486 e. The average Bonchev–Trinajstić information content (AvgIpc) is 3.30. The van der Waals surface area contributed by atoms with Crippen LogP contribution < -0.4 is 10.3 Å². The van der Waals surface area contributed by atoms with E-state index in [2.05, 4.69) is 10.1 Å². The van der Waals surface area contributed by atoms with Crippen molar-refractivity contribution >= 4 is 22.5 Å². The van der Waals surface area contributed by atoms with E-state index < -0.39 is 0 Å². The number of nitrogens with zero attached hydrogens (tertiary/aromatic N) is 6. The maximum Gasteiger partial charge on any atom is 0.268 e. The summed E-state index contributed by atoms with van der Waals surface area (Å²) >= 11 is 6.63. The molecule has 5 aromatic rings. The molecule has 0 bridgehead atoms. The van der Waals surface area contributed by atoms with Gasteiger partial charge in [0.05, 0.1) is 23.0 Å². The highest BCUT2D eigenvalue weighted by molar-refractivity contribution is 6.31. The van der Waals surface area contributed by atoms with Crippen LogP contribution in [0, 0.1) is 25.2 Å². The minimum atomic E-state index is -0.382. The number of fused-ring (bicyclic) bond motifs is 1. The van der Waals surface area contributed by atoms with E-state index in [1.165, 1.54) is 10.6 Å². The van der Waals surface area contributed by atoms with Crippen molar-refractivity contribution in [2.45, 2.75) is 27.0 Å². The molecule has 0 unspecified atom stereocenters. The number of rotatable bonds is 6. The Morgan fingerprint density at radius 3 is 2.65 bits per heavy atom. The van der Waals surface area contributed by atoms with Crippen LogP contribution in [0.1, 0.15) is 28.2 Å². The predicted molar refractivity (Wildman–Crippen MR) is 142 cm³/mol. The third-order valence-electron chi connectivity index (χ3n) is 6.14. The second-order valence-electron chi connectivity index (χ2n) is 8.73. The average molecular weight is 511 g/mol. The van der Waals surface area contributed by atoms with Crippen molar-refractivity contribution in [2.75, 3.05) is 0 Å². The van der Waals surface area contributed by atoms with Crippen molar-refractivity contribution in [3.8, 4) is 23.1 Å². The van der Waals surface area contributed by atoms with Crippen LogP contribution in [0.25, 0.3) is 22.2 Å². The maximum atomic E-state index is 12.6. The topological polar surface area (TPSA) is 98.6 Å². The number of hydrogen-bond donors (Lipinski definition) is 0. The van der Waals surface area contributed by atoms with E-state index in [4.69, 9.17) is 21.3 Å². The van der Waals surface area contributed by atoms with E-state index in [-0.39, 0.29) is 24.3 Å². The molecule has 5 rings (SSSR count). The van der Waals surface area contributed by atoms with Gasteiger partial charge in [-0.2, -0.15) is 10.4 Å². The van der Waals surface area contributed by atoms with Gasteiger partial charge in [0.15, 0.2) is 0 Å². The van der Waals surface area contributed by atoms with Gasteiger partial charge < -0.3 is 9.30 Å². The standard InChI is InChI=1S/C28H23ClN6O2/c1-17-12-21(25-9-10-31-34(25)3)20-7-4-8-26(27(20)33-17)37-16-22-23(29)13-18(2)32-24(22)15-35-11-5-6-19(14-30)28(35)36/h4-13H,15-16H2,1-3H3. The Balaban J connectivity index is 1.53. The Labute approximate surface area is 218 Å². The van der Waals surface area contributed by atoms with Crippen LogP contribution in [-0.2, 0) is 20.2 Å². The molecule has 4 heterocycles. The van der Waals surface area contributed by atoms with Crippen molar-refractivity contribution in [1.29, 1.82) is 5.26 Å². The number of benzene rings is 1. The molecule has 0 spiro atoms. The summed E-state index contributed by atoms with van der Waals surface area (Å²) in [4.78, 5) is 22.0. The molecule has 0 N–H and O–H groups in total. The van der Waals surface area contributed by atoms with E-state index >= 15 is 0 Å². The minimum Gasteiger partial charge on any atom is -0.486 e. The lowest BCUT2D eigenvalue weighted by atomic mass is 10.0. The molecule has 1 aromatic carbocycles.